The number of hydrogen-bond donors (Lipinski definition) is 0. The molecule has 0 amide bonds. The van der Waals surface area contributed by atoms with Gasteiger partial charge in [-0.05, 0) is 12.1 Å². The van der Waals surface area contributed by atoms with Crippen LogP contribution in [0, 0.1) is 11.3 Å². The standard InChI is InChI=1S/C14H10NO.Li/c15-10-11-6-8-13(9-7-11)14(16)12-4-2-1-3-5-12;/h1-9,14H;/q-1;+1. The van der Waals surface area contributed by atoms with Crippen LogP contribution in [0.5, 0.6) is 0 Å². The second-order valence-electron chi connectivity index (χ2n) is 3.52. The number of nitrogens with zero attached hydrogens (tertiary/aromatic N) is 1. The number of rotatable bonds is 2. The van der Waals surface area contributed by atoms with E-state index in [9.17, 15) is 5.11 Å². The summed E-state index contributed by atoms with van der Waals surface area (Å²) in [6.07, 6.45) is -0.881. The van der Waals surface area contributed by atoms with Crippen molar-refractivity contribution in [3.05, 3.63) is 71.3 Å². The fourth-order valence-electron chi connectivity index (χ4n) is 1.55. The van der Waals surface area contributed by atoms with Crippen LogP contribution in [0.2, 0.25) is 0 Å². The van der Waals surface area contributed by atoms with E-state index in [1.54, 1.807) is 24.3 Å². The van der Waals surface area contributed by atoms with Gasteiger partial charge in [-0.25, -0.2) is 0 Å². The zero-order valence-electron chi connectivity index (χ0n) is 9.63. The Hall–Kier alpha value is -1.51. The summed E-state index contributed by atoms with van der Waals surface area (Å²) >= 11 is 0. The molecule has 2 aromatic rings. The average Bonchev–Trinajstić information content (AvgIpc) is 2.39. The number of nitriles is 1. The molecule has 1 atom stereocenters. The van der Waals surface area contributed by atoms with Gasteiger partial charge in [-0.15, -0.1) is 0 Å². The SMILES string of the molecule is N#Cc1ccc(C([O-])c2ccccc2)cc1.[Li+]. The monoisotopic (exact) mass is 215 g/mol. The fourth-order valence-corrected chi connectivity index (χ4v) is 1.55. The largest absolute Gasteiger partial charge is 1.00 e. The van der Waals surface area contributed by atoms with Crippen molar-refractivity contribution in [2.75, 3.05) is 0 Å². The van der Waals surface area contributed by atoms with Crippen LogP contribution in [0.25, 0.3) is 0 Å². The van der Waals surface area contributed by atoms with Gasteiger partial charge in [-0.2, -0.15) is 5.26 Å². The Morgan fingerprint density at radius 3 is 1.94 bits per heavy atom. The molecule has 0 saturated carbocycles. The molecule has 0 N–H and O–H groups in total. The van der Waals surface area contributed by atoms with Crippen LogP contribution in [-0.2, 0) is 0 Å². The molecule has 3 heteroatoms. The van der Waals surface area contributed by atoms with Gasteiger partial charge in [0.2, 0.25) is 0 Å². The molecule has 0 saturated heterocycles. The Morgan fingerprint density at radius 2 is 1.41 bits per heavy atom. The van der Waals surface area contributed by atoms with Crippen LogP contribution in [0.1, 0.15) is 22.8 Å². The van der Waals surface area contributed by atoms with Crippen molar-refractivity contribution >= 4 is 0 Å². The van der Waals surface area contributed by atoms with E-state index in [1.165, 1.54) is 0 Å². The van der Waals surface area contributed by atoms with Gasteiger partial charge in [0.25, 0.3) is 0 Å². The minimum absolute atomic E-state index is 0. The molecule has 0 spiro atoms. The maximum absolute atomic E-state index is 12.0. The molecule has 2 rings (SSSR count). The summed E-state index contributed by atoms with van der Waals surface area (Å²) in [4.78, 5) is 0. The van der Waals surface area contributed by atoms with Crippen LogP contribution >= 0.6 is 0 Å². The van der Waals surface area contributed by atoms with Crippen LogP contribution in [-0.4, -0.2) is 0 Å². The molecule has 2 aromatic carbocycles. The van der Waals surface area contributed by atoms with Gasteiger partial charge in [-0.3, -0.25) is 0 Å². The fraction of sp³-hybridized carbons (Fsp3) is 0.0714. The molecule has 17 heavy (non-hydrogen) atoms. The van der Waals surface area contributed by atoms with E-state index in [-0.39, 0.29) is 18.9 Å². The first-order valence-electron chi connectivity index (χ1n) is 5.02. The van der Waals surface area contributed by atoms with Crippen molar-refractivity contribution < 1.29 is 24.0 Å². The zero-order valence-corrected chi connectivity index (χ0v) is 9.63. The Kier molecular flexibility index (Phi) is 5.01. The molecule has 0 aliphatic carbocycles. The molecule has 0 aromatic heterocycles. The van der Waals surface area contributed by atoms with Gasteiger partial charge in [0, 0.05) is 0 Å². The normalized spacial score (nSPS) is 11.1. The first-order valence-corrected chi connectivity index (χ1v) is 5.02. The van der Waals surface area contributed by atoms with Crippen molar-refractivity contribution in [2.24, 2.45) is 0 Å². The van der Waals surface area contributed by atoms with Gasteiger partial charge in [0.05, 0.1) is 11.6 Å². The van der Waals surface area contributed by atoms with E-state index in [0.29, 0.717) is 11.1 Å². The van der Waals surface area contributed by atoms with Gasteiger partial charge < -0.3 is 5.11 Å². The number of benzene rings is 2. The van der Waals surface area contributed by atoms with E-state index in [0.717, 1.165) is 5.56 Å². The first-order chi connectivity index (χ1) is 7.81. The maximum atomic E-state index is 12.0. The molecule has 78 valence electrons. The summed E-state index contributed by atoms with van der Waals surface area (Å²) in [6.45, 7) is 0. The Labute approximate surface area is 113 Å². The van der Waals surface area contributed by atoms with Crippen molar-refractivity contribution in [1.29, 1.82) is 5.26 Å². The van der Waals surface area contributed by atoms with Gasteiger partial charge in [0.15, 0.2) is 0 Å². The molecule has 2 nitrogen and oxygen atoms in total. The summed E-state index contributed by atoms with van der Waals surface area (Å²) in [6, 6.07) is 18.0. The Balaban J connectivity index is 0.00000144. The molecule has 0 radical (unpaired) electrons. The summed E-state index contributed by atoms with van der Waals surface area (Å²) < 4.78 is 0. The first kappa shape index (κ1) is 13.6. The van der Waals surface area contributed by atoms with Gasteiger partial charge in [-0.1, -0.05) is 59.7 Å². The second kappa shape index (κ2) is 6.28. The van der Waals surface area contributed by atoms with E-state index in [1.807, 2.05) is 36.4 Å². The van der Waals surface area contributed by atoms with E-state index in [4.69, 9.17) is 5.26 Å². The van der Waals surface area contributed by atoms with Crippen molar-refractivity contribution in [2.45, 2.75) is 6.10 Å². The molecular formula is C14H10LiNO. The molecule has 0 heterocycles. The van der Waals surface area contributed by atoms with Crippen LogP contribution in [0.15, 0.2) is 54.6 Å². The predicted octanol–water partition coefficient (Wildman–Crippen LogP) is -0.988. The Morgan fingerprint density at radius 1 is 0.882 bits per heavy atom. The molecule has 0 aliphatic heterocycles. The Bertz CT molecular complexity index is 502. The summed E-state index contributed by atoms with van der Waals surface area (Å²) in [5.41, 5.74) is 2.00. The third kappa shape index (κ3) is 3.22. The average molecular weight is 215 g/mol. The summed E-state index contributed by atoms with van der Waals surface area (Å²) in [7, 11) is 0. The summed E-state index contributed by atoms with van der Waals surface area (Å²) in [5, 5.41) is 20.7. The van der Waals surface area contributed by atoms with E-state index >= 15 is 0 Å². The van der Waals surface area contributed by atoms with Crippen LogP contribution in [0.3, 0.4) is 0 Å². The molecule has 0 bridgehead atoms. The van der Waals surface area contributed by atoms with Gasteiger partial charge >= 0.3 is 18.9 Å². The quantitative estimate of drug-likeness (QED) is 0.604. The number of hydrogen-bond acceptors (Lipinski definition) is 2. The minimum Gasteiger partial charge on any atom is -0.845 e. The van der Waals surface area contributed by atoms with Crippen molar-refractivity contribution in [3.8, 4) is 6.07 Å². The predicted molar refractivity (Wildman–Crippen MR) is 59.4 cm³/mol. The molecule has 0 fully saturated rings. The molecule has 0 aliphatic rings. The maximum Gasteiger partial charge on any atom is 1.00 e. The van der Waals surface area contributed by atoms with Crippen molar-refractivity contribution in [1.82, 2.24) is 0 Å². The molecular weight excluding hydrogens is 205 g/mol. The van der Waals surface area contributed by atoms with Crippen LogP contribution < -0.4 is 24.0 Å². The van der Waals surface area contributed by atoms with Crippen LogP contribution in [0.4, 0.5) is 0 Å². The molecule has 1 unspecified atom stereocenters. The minimum atomic E-state index is -0.881. The van der Waals surface area contributed by atoms with E-state index in [2.05, 4.69) is 0 Å². The van der Waals surface area contributed by atoms with Gasteiger partial charge in [0.1, 0.15) is 0 Å². The van der Waals surface area contributed by atoms with Crippen molar-refractivity contribution in [3.63, 3.8) is 0 Å². The second-order valence-corrected chi connectivity index (χ2v) is 3.52. The topological polar surface area (TPSA) is 46.8 Å². The third-order valence-electron chi connectivity index (χ3n) is 2.44. The van der Waals surface area contributed by atoms with E-state index < -0.39 is 6.10 Å². The zero-order chi connectivity index (χ0) is 11.4. The smallest absolute Gasteiger partial charge is 0.845 e. The summed E-state index contributed by atoms with van der Waals surface area (Å²) in [5.74, 6) is 0. The third-order valence-corrected chi connectivity index (χ3v) is 2.44.